The number of hydrogen-bond acceptors (Lipinski definition) is 2. The molecule has 0 amide bonds. The van der Waals surface area contributed by atoms with Gasteiger partial charge in [0.25, 0.3) is 0 Å². The molecular weight excluding hydrogens is 220 g/mol. The molecule has 18 heavy (non-hydrogen) atoms. The van der Waals surface area contributed by atoms with Crippen LogP contribution in [-0.2, 0) is 0 Å². The zero-order valence-electron chi connectivity index (χ0n) is 11.1. The summed E-state index contributed by atoms with van der Waals surface area (Å²) in [6.07, 6.45) is 2.82. The second-order valence-corrected chi connectivity index (χ2v) is 5.54. The fraction of sp³-hybridized carbons (Fsp3) is 0.438. The van der Waals surface area contributed by atoms with Gasteiger partial charge in [0.05, 0.1) is 5.52 Å². The first-order valence-corrected chi connectivity index (χ1v) is 6.84. The van der Waals surface area contributed by atoms with Crippen LogP contribution in [0.3, 0.4) is 0 Å². The first-order valence-electron chi connectivity index (χ1n) is 6.84. The molecule has 1 fully saturated rings. The number of benzene rings is 1. The maximum Gasteiger partial charge on any atom is 0.129 e. The lowest BCUT2D eigenvalue weighted by Gasteiger charge is -2.14. The third kappa shape index (κ3) is 2.33. The van der Waals surface area contributed by atoms with E-state index in [0.29, 0.717) is 0 Å². The van der Waals surface area contributed by atoms with Gasteiger partial charge in [-0.25, -0.2) is 4.98 Å². The van der Waals surface area contributed by atoms with Crippen LogP contribution in [0.2, 0.25) is 0 Å². The van der Waals surface area contributed by atoms with Gasteiger partial charge in [-0.15, -0.1) is 0 Å². The van der Waals surface area contributed by atoms with Crippen molar-refractivity contribution in [3.05, 3.63) is 35.9 Å². The number of fused-ring (bicyclic) bond motifs is 1. The summed E-state index contributed by atoms with van der Waals surface area (Å²) < 4.78 is 0. The van der Waals surface area contributed by atoms with Crippen LogP contribution in [0.5, 0.6) is 0 Å². The number of para-hydroxylation sites is 1. The average molecular weight is 240 g/mol. The van der Waals surface area contributed by atoms with E-state index in [2.05, 4.69) is 43.4 Å². The summed E-state index contributed by atoms with van der Waals surface area (Å²) in [5.74, 6) is 2.75. The minimum Gasteiger partial charge on any atom is -0.370 e. The number of anilines is 1. The molecule has 2 heteroatoms. The third-order valence-corrected chi connectivity index (χ3v) is 3.93. The summed E-state index contributed by atoms with van der Waals surface area (Å²) in [5, 5.41) is 4.73. The van der Waals surface area contributed by atoms with Crippen molar-refractivity contribution in [2.75, 3.05) is 11.9 Å². The zero-order valence-corrected chi connectivity index (χ0v) is 11.1. The van der Waals surface area contributed by atoms with E-state index in [1.807, 2.05) is 6.07 Å². The molecule has 1 aliphatic rings. The molecule has 0 aliphatic heterocycles. The summed E-state index contributed by atoms with van der Waals surface area (Å²) in [5.41, 5.74) is 2.31. The summed E-state index contributed by atoms with van der Waals surface area (Å²) in [6, 6.07) is 10.5. The molecule has 1 unspecified atom stereocenters. The fourth-order valence-corrected chi connectivity index (χ4v) is 2.49. The first-order chi connectivity index (χ1) is 8.74. The van der Waals surface area contributed by atoms with Crippen molar-refractivity contribution in [1.29, 1.82) is 0 Å². The Hall–Kier alpha value is -1.57. The number of aromatic nitrogens is 1. The van der Waals surface area contributed by atoms with Gasteiger partial charge < -0.3 is 5.32 Å². The Morgan fingerprint density at radius 2 is 2.11 bits per heavy atom. The van der Waals surface area contributed by atoms with Crippen molar-refractivity contribution in [3.8, 4) is 0 Å². The monoisotopic (exact) mass is 240 g/mol. The van der Waals surface area contributed by atoms with Gasteiger partial charge in [-0.3, -0.25) is 0 Å². The Kier molecular flexibility index (Phi) is 2.94. The lowest BCUT2D eigenvalue weighted by Crippen LogP contribution is -2.14. The van der Waals surface area contributed by atoms with E-state index in [9.17, 15) is 0 Å². The Morgan fingerprint density at radius 1 is 1.33 bits per heavy atom. The predicted octanol–water partition coefficient (Wildman–Crippen LogP) is 4.00. The molecule has 2 aromatic rings. The average Bonchev–Trinajstić information content (AvgIpc) is 3.20. The van der Waals surface area contributed by atoms with E-state index in [0.717, 1.165) is 29.7 Å². The van der Waals surface area contributed by atoms with Crippen LogP contribution in [0.1, 0.15) is 25.3 Å². The summed E-state index contributed by atoms with van der Waals surface area (Å²) in [6.45, 7) is 5.50. The Bertz CT molecular complexity index is 558. The molecule has 1 heterocycles. The number of nitrogens with one attached hydrogen (secondary N) is 1. The van der Waals surface area contributed by atoms with E-state index in [1.165, 1.54) is 23.8 Å². The Balaban J connectivity index is 1.80. The van der Waals surface area contributed by atoms with Crippen LogP contribution in [0, 0.1) is 18.8 Å². The van der Waals surface area contributed by atoms with Crippen molar-refractivity contribution in [2.24, 2.45) is 11.8 Å². The van der Waals surface area contributed by atoms with Gasteiger partial charge in [0, 0.05) is 11.9 Å². The SMILES string of the molecule is Cc1cc2ccccc2nc1NCC(C)C1CC1. The largest absolute Gasteiger partial charge is 0.370 e. The highest BCUT2D eigenvalue weighted by Crippen LogP contribution is 2.36. The zero-order chi connectivity index (χ0) is 12.5. The summed E-state index contributed by atoms with van der Waals surface area (Å²) in [4.78, 5) is 4.72. The molecule has 0 spiro atoms. The third-order valence-electron chi connectivity index (χ3n) is 3.93. The molecule has 1 aromatic carbocycles. The van der Waals surface area contributed by atoms with Gasteiger partial charge in [0.1, 0.15) is 5.82 Å². The molecular formula is C16H20N2. The lowest BCUT2D eigenvalue weighted by atomic mass is 10.1. The minimum absolute atomic E-state index is 0.762. The molecule has 1 atom stereocenters. The van der Waals surface area contributed by atoms with Gasteiger partial charge >= 0.3 is 0 Å². The van der Waals surface area contributed by atoms with Crippen LogP contribution in [0.25, 0.3) is 10.9 Å². The van der Waals surface area contributed by atoms with Crippen LogP contribution < -0.4 is 5.32 Å². The first kappa shape index (κ1) is 11.5. The molecule has 0 saturated heterocycles. The highest BCUT2D eigenvalue weighted by Gasteiger charge is 2.27. The quantitative estimate of drug-likeness (QED) is 0.873. The van der Waals surface area contributed by atoms with E-state index < -0.39 is 0 Å². The highest BCUT2D eigenvalue weighted by molar-refractivity contribution is 5.81. The highest BCUT2D eigenvalue weighted by atomic mass is 15.0. The topological polar surface area (TPSA) is 24.9 Å². The molecule has 1 aromatic heterocycles. The van der Waals surface area contributed by atoms with Crippen LogP contribution in [0.4, 0.5) is 5.82 Å². The van der Waals surface area contributed by atoms with Gasteiger partial charge in [0.15, 0.2) is 0 Å². The normalized spacial score (nSPS) is 16.8. The molecule has 0 bridgehead atoms. The molecule has 0 radical (unpaired) electrons. The van der Waals surface area contributed by atoms with Crippen molar-refractivity contribution < 1.29 is 0 Å². The van der Waals surface area contributed by atoms with Crippen molar-refractivity contribution >= 4 is 16.7 Å². The second-order valence-electron chi connectivity index (χ2n) is 5.54. The van der Waals surface area contributed by atoms with Crippen LogP contribution in [0.15, 0.2) is 30.3 Å². The minimum atomic E-state index is 0.762. The van der Waals surface area contributed by atoms with Gasteiger partial charge in [-0.2, -0.15) is 0 Å². The van der Waals surface area contributed by atoms with Gasteiger partial charge in [-0.05, 0) is 49.3 Å². The van der Waals surface area contributed by atoms with E-state index in [1.54, 1.807) is 0 Å². The smallest absolute Gasteiger partial charge is 0.129 e. The molecule has 3 rings (SSSR count). The van der Waals surface area contributed by atoms with Gasteiger partial charge in [0.2, 0.25) is 0 Å². The fourth-order valence-electron chi connectivity index (χ4n) is 2.49. The molecule has 1 N–H and O–H groups in total. The second kappa shape index (κ2) is 4.60. The van der Waals surface area contributed by atoms with Crippen molar-refractivity contribution in [1.82, 2.24) is 4.98 Å². The standard InChI is InChI=1S/C16H20N2/c1-11-9-14-5-3-4-6-15(14)18-16(11)17-10-12(2)13-7-8-13/h3-6,9,12-13H,7-8,10H2,1-2H3,(H,17,18). The Labute approximate surface area is 108 Å². The lowest BCUT2D eigenvalue weighted by molar-refractivity contribution is 0.536. The van der Waals surface area contributed by atoms with Crippen molar-refractivity contribution in [3.63, 3.8) is 0 Å². The molecule has 1 saturated carbocycles. The summed E-state index contributed by atoms with van der Waals surface area (Å²) in [7, 11) is 0. The van der Waals surface area contributed by atoms with E-state index >= 15 is 0 Å². The maximum absolute atomic E-state index is 4.72. The molecule has 1 aliphatic carbocycles. The number of hydrogen-bond donors (Lipinski definition) is 1. The van der Waals surface area contributed by atoms with Crippen molar-refractivity contribution in [2.45, 2.75) is 26.7 Å². The van der Waals surface area contributed by atoms with E-state index in [-0.39, 0.29) is 0 Å². The predicted molar refractivity (Wildman–Crippen MR) is 76.9 cm³/mol. The molecule has 2 nitrogen and oxygen atoms in total. The van der Waals surface area contributed by atoms with Crippen LogP contribution in [-0.4, -0.2) is 11.5 Å². The molecule has 94 valence electrons. The summed E-state index contributed by atoms with van der Waals surface area (Å²) >= 11 is 0. The number of nitrogens with zero attached hydrogens (tertiary/aromatic N) is 1. The number of rotatable bonds is 4. The maximum atomic E-state index is 4.72. The van der Waals surface area contributed by atoms with Gasteiger partial charge in [-0.1, -0.05) is 25.1 Å². The Morgan fingerprint density at radius 3 is 2.89 bits per heavy atom. The van der Waals surface area contributed by atoms with E-state index in [4.69, 9.17) is 4.98 Å². The van der Waals surface area contributed by atoms with Crippen LogP contribution >= 0.6 is 0 Å². The number of aryl methyl sites for hydroxylation is 1. The number of pyridine rings is 1.